The molecule has 0 aliphatic carbocycles. The van der Waals surface area contributed by atoms with Crippen LogP contribution in [0.1, 0.15) is 31.4 Å². The van der Waals surface area contributed by atoms with E-state index in [1.807, 2.05) is 32.0 Å². The largest absolute Gasteiger partial charge is 0.480 e. The third-order valence-corrected chi connectivity index (χ3v) is 4.03. The summed E-state index contributed by atoms with van der Waals surface area (Å²) in [5, 5.41) is 11.7. The van der Waals surface area contributed by atoms with Crippen LogP contribution in [0.5, 0.6) is 0 Å². The lowest BCUT2D eigenvalue weighted by Gasteiger charge is -2.19. The number of aliphatic carboxylic acids is 1. The number of hydrogen-bond acceptors (Lipinski definition) is 2. The van der Waals surface area contributed by atoms with Gasteiger partial charge in [-0.05, 0) is 36.1 Å². The summed E-state index contributed by atoms with van der Waals surface area (Å²) in [5.74, 6) is -1.54. The fourth-order valence-corrected chi connectivity index (χ4v) is 2.44. The number of carbonyl (C=O) groups is 2. The van der Waals surface area contributed by atoms with Crippen LogP contribution in [0.3, 0.4) is 0 Å². The highest BCUT2D eigenvalue weighted by atomic mass is 79.9. The summed E-state index contributed by atoms with van der Waals surface area (Å²) in [6, 6.07) is 4.93. The Morgan fingerprint density at radius 3 is 2.62 bits per heavy atom. The van der Waals surface area contributed by atoms with E-state index in [0.717, 1.165) is 15.6 Å². The number of nitrogens with one attached hydrogen (secondary N) is 1. The van der Waals surface area contributed by atoms with Crippen LogP contribution < -0.4 is 5.32 Å². The summed E-state index contributed by atoms with van der Waals surface area (Å²) in [6.07, 6.45) is 3.70. The first-order chi connectivity index (χ1) is 9.85. The van der Waals surface area contributed by atoms with Crippen molar-refractivity contribution < 1.29 is 14.7 Å². The zero-order valence-electron chi connectivity index (χ0n) is 12.4. The number of carboxylic acid groups (broad SMARTS) is 1. The molecule has 0 saturated heterocycles. The number of aryl methyl sites for hydroxylation is 1. The van der Waals surface area contributed by atoms with Gasteiger partial charge in [-0.15, -0.1) is 0 Å². The predicted octanol–water partition coefficient (Wildman–Crippen LogP) is 3.39. The average molecular weight is 354 g/mol. The van der Waals surface area contributed by atoms with Gasteiger partial charge in [-0.3, -0.25) is 4.79 Å². The summed E-state index contributed by atoms with van der Waals surface area (Å²) < 4.78 is 0.892. The summed E-state index contributed by atoms with van der Waals surface area (Å²) >= 11 is 3.43. The van der Waals surface area contributed by atoms with Crippen LogP contribution in [0.4, 0.5) is 0 Å². The molecule has 1 aromatic carbocycles. The highest BCUT2D eigenvalue weighted by Gasteiger charge is 2.24. The molecular formula is C16H20BrNO3. The second-order valence-corrected chi connectivity index (χ2v) is 5.92. The fraction of sp³-hybridized carbons (Fsp3) is 0.375. The molecule has 1 rings (SSSR count). The van der Waals surface area contributed by atoms with Gasteiger partial charge in [0.1, 0.15) is 6.04 Å². The van der Waals surface area contributed by atoms with Crippen molar-refractivity contribution in [3.05, 3.63) is 39.9 Å². The van der Waals surface area contributed by atoms with Crippen molar-refractivity contribution in [2.45, 2.75) is 33.2 Å². The molecule has 0 radical (unpaired) electrons. The summed E-state index contributed by atoms with van der Waals surface area (Å²) in [4.78, 5) is 23.0. The summed E-state index contributed by atoms with van der Waals surface area (Å²) in [7, 11) is 0. The van der Waals surface area contributed by atoms with E-state index in [1.165, 1.54) is 6.08 Å². The monoisotopic (exact) mass is 353 g/mol. The number of halogens is 1. The van der Waals surface area contributed by atoms with Gasteiger partial charge in [0.15, 0.2) is 0 Å². The maximum absolute atomic E-state index is 11.9. The number of benzene rings is 1. The normalized spacial score (nSPS) is 13.9. The van der Waals surface area contributed by atoms with Gasteiger partial charge in [-0.2, -0.15) is 0 Å². The van der Waals surface area contributed by atoms with Gasteiger partial charge in [-0.1, -0.05) is 48.3 Å². The average Bonchev–Trinajstić information content (AvgIpc) is 2.42. The zero-order valence-corrected chi connectivity index (χ0v) is 14.0. The molecular weight excluding hydrogens is 334 g/mol. The zero-order chi connectivity index (χ0) is 16.0. The van der Waals surface area contributed by atoms with Crippen molar-refractivity contribution in [3.8, 4) is 0 Å². The molecule has 0 aromatic heterocycles. The van der Waals surface area contributed by atoms with Gasteiger partial charge in [0, 0.05) is 10.5 Å². The Labute approximate surface area is 133 Å². The Hall–Kier alpha value is -1.62. The molecule has 0 fully saturated rings. The molecule has 0 aliphatic rings. The van der Waals surface area contributed by atoms with E-state index in [1.54, 1.807) is 13.0 Å². The molecule has 4 nitrogen and oxygen atoms in total. The SMILES string of the molecule is CCC(C)[C@H](NC(=O)/C=C/c1ccc(C)cc1Br)C(=O)O. The Morgan fingerprint density at radius 1 is 1.43 bits per heavy atom. The molecule has 0 heterocycles. The van der Waals surface area contributed by atoms with E-state index in [9.17, 15) is 9.59 Å². The lowest BCUT2D eigenvalue weighted by Crippen LogP contribution is -2.44. The second-order valence-electron chi connectivity index (χ2n) is 5.07. The molecule has 2 N–H and O–H groups in total. The Kier molecular flexibility index (Phi) is 6.62. The molecule has 0 saturated carbocycles. The molecule has 0 aliphatic heterocycles. The summed E-state index contributed by atoms with van der Waals surface area (Å²) in [6.45, 7) is 5.68. The van der Waals surface area contributed by atoms with Gasteiger partial charge in [0.2, 0.25) is 5.91 Å². The van der Waals surface area contributed by atoms with Crippen molar-refractivity contribution in [2.75, 3.05) is 0 Å². The van der Waals surface area contributed by atoms with Crippen LogP contribution in [-0.2, 0) is 9.59 Å². The summed E-state index contributed by atoms with van der Waals surface area (Å²) in [5.41, 5.74) is 1.98. The number of carboxylic acids is 1. The van der Waals surface area contributed by atoms with Crippen LogP contribution in [0.2, 0.25) is 0 Å². The second kappa shape index (κ2) is 7.98. The number of amides is 1. The Morgan fingerprint density at radius 2 is 2.10 bits per heavy atom. The molecule has 5 heteroatoms. The predicted molar refractivity (Wildman–Crippen MR) is 86.9 cm³/mol. The molecule has 1 aromatic rings. The minimum atomic E-state index is -1.01. The van der Waals surface area contributed by atoms with E-state index in [0.29, 0.717) is 6.42 Å². The molecule has 2 atom stereocenters. The Balaban J connectivity index is 2.76. The Bertz CT molecular complexity index is 554. The first kappa shape index (κ1) is 17.4. The van der Waals surface area contributed by atoms with Crippen molar-refractivity contribution >= 4 is 33.9 Å². The lowest BCUT2D eigenvalue weighted by atomic mass is 9.99. The molecule has 0 spiro atoms. The van der Waals surface area contributed by atoms with Gasteiger partial charge < -0.3 is 10.4 Å². The highest BCUT2D eigenvalue weighted by molar-refractivity contribution is 9.10. The first-order valence-corrected chi connectivity index (χ1v) is 7.62. The maximum atomic E-state index is 11.9. The minimum Gasteiger partial charge on any atom is -0.480 e. The molecule has 1 unspecified atom stereocenters. The third-order valence-electron chi connectivity index (χ3n) is 3.35. The molecule has 114 valence electrons. The number of hydrogen-bond donors (Lipinski definition) is 2. The van der Waals surface area contributed by atoms with Crippen LogP contribution in [-0.4, -0.2) is 23.0 Å². The van der Waals surface area contributed by atoms with Crippen molar-refractivity contribution in [2.24, 2.45) is 5.92 Å². The van der Waals surface area contributed by atoms with Crippen LogP contribution in [0.15, 0.2) is 28.7 Å². The highest BCUT2D eigenvalue weighted by Crippen LogP contribution is 2.19. The lowest BCUT2D eigenvalue weighted by molar-refractivity contribution is -0.142. The first-order valence-electron chi connectivity index (χ1n) is 6.82. The van der Waals surface area contributed by atoms with Gasteiger partial charge >= 0.3 is 5.97 Å². The van der Waals surface area contributed by atoms with E-state index in [-0.39, 0.29) is 5.92 Å². The molecule has 21 heavy (non-hydrogen) atoms. The van der Waals surface area contributed by atoms with Gasteiger partial charge in [0.05, 0.1) is 0 Å². The smallest absolute Gasteiger partial charge is 0.326 e. The van der Waals surface area contributed by atoms with Crippen LogP contribution in [0, 0.1) is 12.8 Å². The maximum Gasteiger partial charge on any atom is 0.326 e. The van der Waals surface area contributed by atoms with Crippen LogP contribution in [0.25, 0.3) is 6.08 Å². The third kappa shape index (κ3) is 5.34. The molecule has 1 amide bonds. The van der Waals surface area contributed by atoms with Crippen molar-refractivity contribution in [1.82, 2.24) is 5.32 Å². The van der Waals surface area contributed by atoms with E-state index < -0.39 is 17.9 Å². The fourth-order valence-electron chi connectivity index (χ4n) is 1.82. The minimum absolute atomic E-state index is 0.119. The number of carbonyl (C=O) groups excluding carboxylic acids is 1. The topological polar surface area (TPSA) is 66.4 Å². The van der Waals surface area contributed by atoms with Crippen LogP contribution >= 0.6 is 15.9 Å². The standard InChI is InChI=1S/C16H20BrNO3/c1-4-11(3)15(16(20)21)18-14(19)8-7-12-6-5-10(2)9-13(12)17/h5-9,11,15H,4H2,1-3H3,(H,18,19)(H,20,21)/b8-7+/t11?,15-/m0/s1. The van der Waals surface area contributed by atoms with Gasteiger partial charge in [0.25, 0.3) is 0 Å². The van der Waals surface area contributed by atoms with E-state index in [4.69, 9.17) is 5.11 Å². The van der Waals surface area contributed by atoms with E-state index in [2.05, 4.69) is 21.2 Å². The van der Waals surface area contributed by atoms with Crippen molar-refractivity contribution in [1.29, 1.82) is 0 Å². The quantitative estimate of drug-likeness (QED) is 0.770. The number of rotatable bonds is 6. The van der Waals surface area contributed by atoms with Crippen molar-refractivity contribution in [3.63, 3.8) is 0 Å². The van der Waals surface area contributed by atoms with E-state index >= 15 is 0 Å². The molecule has 0 bridgehead atoms. The van der Waals surface area contributed by atoms with Gasteiger partial charge in [-0.25, -0.2) is 4.79 Å².